The zero-order valence-corrected chi connectivity index (χ0v) is 15.7. The molecule has 0 saturated heterocycles. The second kappa shape index (κ2) is 7.87. The van der Waals surface area contributed by atoms with Crippen LogP contribution in [0.25, 0.3) is 0 Å². The van der Waals surface area contributed by atoms with Crippen LogP contribution in [0, 0.1) is 0 Å². The van der Waals surface area contributed by atoms with Gasteiger partial charge in [-0.3, -0.25) is 18.7 Å². The highest BCUT2D eigenvalue weighted by molar-refractivity contribution is 6.32. The molecule has 3 rings (SSSR count). The Morgan fingerprint density at radius 3 is 2.67 bits per heavy atom. The summed E-state index contributed by atoms with van der Waals surface area (Å²) >= 11 is 6.21. The molecule has 9 heteroatoms. The molecule has 27 heavy (non-hydrogen) atoms. The summed E-state index contributed by atoms with van der Waals surface area (Å²) in [5, 5.41) is 0.367. The van der Waals surface area contributed by atoms with Gasteiger partial charge in [-0.1, -0.05) is 11.6 Å². The van der Waals surface area contributed by atoms with Crippen molar-refractivity contribution in [3.63, 3.8) is 0 Å². The zero-order valence-electron chi connectivity index (χ0n) is 15.0. The van der Waals surface area contributed by atoms with E-state index in [1.807, 2.05) is 0 Å². The molecule has 0 aliphatic carbocycles. The fraction of sp³-hybridized carbons (Fsp3) is 0.389. The Morgan fingerprint density at radius 1 is 1.15 bits per heavy atom. The summed E-state index contributed by atoms with van der Waals surface area (Å²) in [6.45, 7) is 0.844. The second-order valence-corrected chi connectivity index (χ2v) is 6.57. The van der Waals surface area contributed by atoms with Crippen LogP contribution >= 0.6 is 11.6 Å². The van der Waals surface area contributed by atoms with E-state index in [1.165, 1.54) is 24.7 Å². The summed E-state index contributed by atoms with van der Waals surface area (Å²) in [7, 11) is 2.89. The van der Waals surface area contributed by atoms with Crippen molar-refractivity contribution in [2.45, 2.75) is 19.4 Å². The number of rotatable bonds is 4. The Labute approximate surface area is 159 Å². The Balaban J connectivity index is 1.70. The van der Waals surface area contributed by atoms with Crippen molar-refractivity contribution in [3.8, 4) is 11.5 Å². The number of hydrogen-bond acceptors (Lipinski definition) is 6. The minimum Gasteiger partial charge on any atom is -0.489 e. The molecule has 0 spiro atoms. The number of benzene rings is 1. The maximum absolute atomic E-state index is 12.2. The van der Waals surface area contributed by atoms with E-state index in [-0.39, 0.29) is 13.0 Å². The quantitative estimate of drug-likeness (QED) is 0.724. The molecule has 144 valence electrons. The molecule has 8 nitrogen and oxygen atoms in total. The molecular weight excluding hydrogens is 376 g/mol. The summed E-state index contributed by atoms with van der Waals surface area (Å²) in [4.78, 5) is 35.8. The van der Waals surface area contributed by atoms with Gasteiger partial charge in [-0.05, 0) is 17.7 Å². The third-order valence-electron chi connectivity index (χ3n) is 4.22. The van der Waals surface area contributed by atoms with Crippen molar-refractivity contribution in [1.82, 2.24) is 9.13 Å². The average Bonchev–Trinajstić information content (AvgIpc) is 2.87. The zero-order chi connectivity index (χ0) is 19.6. The molecule has 0 unspecified atom stereocenters. The van der Waals surface area contributed by atoms with E-state index in [0.717, 1.165) is 11.0 Å². The lowest BCUT2D eigenvalue weighted by Crippen LogP contribution is -2.38. The predicted molar refractivity (Wildman–Crippen MR) is 97.5 cm³/mol. The van der Waals surface area contributed by atoms with E-state index in [2.05, 4.69) is 0 Å². The van der Waals surface area contributed by atoms with Gasteiger partial charge in [-0.2, -0.15) is 0 Å². The van der Waals surface area contributed by atoms with Crippen LogP contribution in [0.4, 0.5) is 0 Å². The van der Waals surface area contributed by atoms with Gasteiger partial charge in [0.05, 0.1) is 30.4 Å². The van der Waals surface area contributed by atoms with Gasteiger partial charge in [-0.25, -0.2) is 4.79 Å². The Kier molecular flexibility index (Phi) is 5.55. The Bertz CT molecular complexity index is 995. The summed E-state index contributed by atoms with van der Waals surface area (Å²) in [5.41, 5.74) is -0.0117. The Morgan fingerprint density at radius 2 is 1.89 bits per heavy atom. The summed E-state index contributed by atoms with van der Waals surface area (Å²) in [6.07, 6.45) is 0.715. The number of aromatic nitrogens is 2. The molecule has 1 aromatic heterocycles. The molecule has 0 saturated carbocycles. The topological polar surface area (TPSA) is 88.8 Å². The molecule has 1 aliphatic rings. The molecule has 0 amide bonds. The molecule has 0 bridgehead atoms. The average molecular weight is 395 g/mol. The third-order valence-corrected chi connectivity index (χ3v) is 4.50. The SMILES string of the molecule is Cn1c(COC(=O)Cc2cc(Cl)c3c(c2)OCCCO3)cc(=O)n(C)c1=O. The summed E-state index contributed by atoms with van der Waals surface area (Å²) in [6, 6.07) is 4.59. The fourth-order valence-electron chi connectivity index (χ4n) is 2.68. The summed E-state index contributed by atoms with van der Waals surface area (Å²) < 4.78 is 18.6. The van der Waals surface area contributed by atoms with Crippen molar-refractivity contribution >= 4 is 17.6 Å². The normalized spacial score (nSPS) is 13.1. The minimum absolute atomic E-state index is 0.0326. The van der Waals surface area contributed by atoms with Crippen LogP contribution in [-0.4, -0.2) is 28.3 Å². The van der Waals surface area contributed by atoms with Gasteiger partial charge in [0.15, 0.2) is 11.5 Å². The van der Waals surface area contributed by atoms with Crippen molar-refractivity contribution in [3.05, 3.63) is 55.3 Å². The molecular formula is C18H19ClN2O6. The van der Waals surface area contributed by atoms with Crippen LogP contribution < -0.4 is 20.7 Å². The van der Waals surface area contributed by atoms with Crippen LogP contribution in [-0.2, 0) is 36.7 Å². The maximum atomic E-state index is 12.2. The van der Waals surface area contributed by atoms with Crippen LogP contribution in [0.3, 0.4) is 0 Å². The number of carbonyl (C=O) groups excluding carboxylic acids is 1. The lowest BCUT2D eigenvalue weighted by atomic mass is 10.1. The van der Waals surface area contributed by atoms with Gasteiger partial charge in [0.1, 0.15) is 6.61 Å². The van der Waals surface area contributed by atoms with Crippen LogP contribution in [0.1, 0.15) is 17.7 Å². The second-order valence-electron chi connectivity index (χ2n) is 6.17. The predicted octanol–water partition coefficient (Wildman–Crippen LogP) is 1.18. The number of halogens is 1. The third kappa shape index (κ3) is 4.16. The number of nitrogens with zero attached hydrogens (tertiary/aromatic N) is 2. The van der Waals surface area contributed by atoms with Crippen LogP contribution in [0.5, 0.6) is 11.5 Å². The highest BCUT2D eigenvalue weighted by atomic mass is 35.5. The van der Waals surface area contributed by atoms with Gasteiger partial charge in [0.25, 0.3) is 5.56 Å². The lowest BCUT2D eigenvalue weighted by Gasteiger charge is -2.12. The van der Waals surface area contributed by atoms with Gasteiger partial charge in [-0.15, -0.1) is 0 Å². The standard InChI is InChI=1S/C18H19ClN2O6/c1-20-12(9-15(22)21(2)18(20)24)10-27-16(23)8-11-6-13(19)17-14(7-11)25-4-3-5-26-17/h6-7,9H,3-5,8,10H2,1-2H3. The smallest absolute Gasteiger partial charge is 0.330 e. The van der Waals surface area contributed by atoms with Crippen molar-refractivity contribution in [1.29, 1.82) is 0 Å². The first-order valence-electron chi connectivity index (χ1n) is 8.36. The molecule has 0 atom stereocenters. The van der Waals surface area contributed by atoms with E-state index >= 15 is 0 Å². The molecule has 2 aromatic rings. The molecule has 0 N–H and O–H groups in total. The van der Waals surface area contributed by atoms with Crippen molar-refractivity contribution in [2.24, 2.45) is 14.1 Å². The molecule has 2 heterocycles. The van der Waals surface area contributed by atoms with Gasteiger partial charge < -0.3 is 14.2 Å². The molecule has 0 fully saturated rings. The highest BCUT2D eigenvalue weighted by Gasteiger charge is 2.17. The highest BCUT2D eigenvalue weighted by Crippen LogP contribution is 2.38. The number of fused-ring (bicyclic) bond motifs is 1. The first-order valence-corrected chi connectivity index (χ1v) is 8.74. The minimum atomic E-state index is -0.520. The number of carbonyl (C=O) groups is 1. The van der Waals surface area contributed by atoms with Crippen molar-refractivity contribution in [2.75, 3.05) is 13.2 Å². The molecule has 0 radical (unpaired) electrons. The lowest BCUT2D eigenvalue weighted by molar-refractivity contribution is -0.144. The molecule has 1 aromatic carbocycles. The van der Waals surface area contributed by atoms with Gasteiger partial charge >= 0.3 is 11.7 Å². The number of esters is 1. The first-order chi connectivity index (χ1) is 12.9. The van der Waals surface area contributed by atoms with E-state index in [1.54, 1.807) is 12.1 Å². The molecule has 1 aliphatic heterocycles. The van der Waals surface area contributed by atoms with Crippen LogP contribution in [0.15, 0.2) is 27.8 Å². The van der Waals surface area contributed by atoms with E-state index in [4.69, 9.17) is 25.8 Å². The summed E-state index contributed by atoms with van der Waals surface area (Å²) in [5.74, 6) is 0.451. The van der Waals surface area contributed by atoms with E-state index in [9.17, 15) is 14.4 Å². The van der Waals surface area contributed by atoms with Gasteiger partial charge in [0, 0.05) is 26.6 Å². The van der Waals surface area contributed by atoms with Gasteiger partial charge in [0.2, 0.25) is 0 Å². The van der Waals surface area contributed by atoms with E-state index < -0.39 is 17.2 Å². The monoisotopic (exact) mass is 394 g/mol. The number of hydrogen-bond donors (Lipinski definition) is 0. The Hall–Kier alpha value is -2.74. The van der Waals surface area contributed by atoms with Crippen molar-refractivity contribution < 1.29 is 19.0 Å². The number of ether oxygens (including phenoxy) is 3. The maximum Gasteiger partial charge on any atom is 0.330 e. The van der Waals surface area contributed by atoms with E-state index in [0.29, 0.717) is 41.0 Å². The van der Waals surface area contributed by atoms with Crippen LogP contribution in [0.2, 0.25) is 5.02 Å². The fourth-order valence-corrected chi connectivity index (χ4v) is 2.96. The first kappa shape index (κ1) is 19.0. The largest absolute Gasteiger partial charge is 0.489 e.